The average Bonchev–Trinajstić information content (AvgIpc) is 2.59. The first-order valence-electron chi connectivity index (χ1n) is 7.64. The number of benzene rings is 1. The van der Waals surface area contributed by atoms with E-state index in [1.54, 1.807) is 11.1 Å². The molecule has 0 saturated heterocycles. The van der Waals surface area contributed by atoms with Crippen LogP contribution in [0.25, 0.3) is 0 Å². The Balaban J connectivity index is 2.06. The van der Waals surface area contributed by atoms with Gasteiger partial charge in [-0.3, -0.25) is 0 Å². The van der Waals surface area contributed by atoms with E-state index < -0.39 is 0 Å². The van der Waals surface area contributed by atoms with E-state index in [4.69, 9.17) is 0 Å². The summed E-state index contributed by atoms with van der Waals surface area (Å²) in [7, 11) is 0. The molecule has 1 unspecified atom stereocenters. The molecule has 3 rings (SSSR count). The van der Waals surface area contributed by atoms with E-state index in [0.717, 1.165) is 5.92 Å². The minimum absolute atomic E-state index is 0.393. The third-order valence-electron chi connectivity index (χ3n) is 6.04. The lowest BCUT2D eigenvalue weighted by atomic mass is 9.57. The van der Waals surface area contributed by atoms with Crippen molar-refractivity contribution in [1.29, 1.82) is 0 Å². The van der Waals surface area contributed by atoms with Crippen LogP contribution in [0.5, 0.6) is 0 Å². The van der Waals surface area contributed by atoms with E-state index in [1.165, 1.54) is 38.5 Å². The third kappa shape index (κ3) is 1.57. The summed E-state index contributed by atoms with van der Waals surface area (Å²) < 4.78 is 0. The lowest BCUT2D eigenvalue weighted by Gasteiger charge is -2.47. The Bertz CT molecular complexity index is 437. The highest BCUT2D eigenvalue weighted by molar-refractivity contribution is 5.43. The van der Waals surface area contributed by atoms with Crippen molar-refractivity contribution in [2.24, 2.45) is 11.3 Å². The van der Waals surface area contributed by atoms with Gasteiger partial charge in [0.05, 0.1) is 0 Å². The molecule has 1 fully saturated rings. The fraction of sp³-hybridized carbons (Fsp3) is 0.667. The Morgan fingerprint density at radius 2 is 1.61 bits per heavy atom. The van der Waals surface area contributed by atoms with E-state index >= 15 is 0 Å². The van der Waals surface area contributed by atoms with Gasteiger partial charge in [0, 0.05) is 5.41 Å². The third-order valence-corrected chi connectivity index (χ3v) is 6.04. The molecular weight excluding hydrogens is 216 g/mol. The quantitative estimate of drug-likeness (QED) is 0.642. The maximum atomic E-state index is 2.55. The lowest BCUT2D eigenvalue weighted by molar-refractivity contribution is 0.0970. The van der Waals surface area contributed by atoms with Crippen molar-refractivity contribution in [2.75, 3.05) is 0 Å². The van der Waals surface area contributed by atoms with Gasteiger partial charge in [0.2, 0.25) is 0 Å². The monoisotopic (exact) mass is 242 g/mol. The Morgan fingerprint density at radius 3 is 2.33 bits per heavy atom. The number of hydrogen-bond acceptors (Lipinski definition) is 0. The van der Waals surface area contributed by atoms with E-state index in [1.807, 2.05) is 0 Å². The van der Waals surface area contributed by atoms with Gasteiger partial charge in [-0.2, -0.15) is 0 Å². The minimum atomic E-state index is 0.393. The summed E-state index contributed by atoms with van der Waals surface area (Å²) >= 11 is 0. The van der Waals surface area contributed by atoms with Gasteiger partial charge in [-0.1, -0.05) is 64.3 Å². The van der Waals surface area contributed by atoms with Gasteiger partial charge in [-0.05, 0) is 41.7 Å². The van der Waals surface area contributed by atoms with Crippen molar-refractivity contribution in [1.82, 2.24) is 0 Å². The van der Waals surface area contributed by atoms with Gasteiger partial charge < -0.3 is 0 Å². The molecule has 0 nitrogen and oxygen atoms in total. The second-order valence-electron chi connectivity index (χ2n) is 7.26. The second-order valence-corrected chi connectivity index (χ2v) is 7.26. The fourth-order valence-electron chi connectivity index (χ4n) is 4.66. The van der Waals surface area contributed by atoms with Gasteiger partial charge >= 0.3 is 0 Å². The molecule has 0 spiro atoms. The predicted octanol–water partition coefficient (Wildman–Crippen LogP) is 5.11. The van der Waals surface area contributed by atoms with Gasteiger partial charge in [0.1, 0.15) is 0 Å². The molecule has 2 aliphatic carbocycles. The Kier molecular flexibility index (Phi) is 2.80. The van der Waals surface area contributed by atoms with Crippen molar-refractivity contribution in [3.63, 3.8) is 0 Å². The SMILES string of the molecule is CC1(C)Cc2ccccc2C1(C)C1CCCCC1. The van der Waals surface area contributed by atoms with Crippen LogP contribution in [-0.2, 0) is 11.8 Å². The van der Waals surface area contributed by atoms with Crippen LogP contribution in [0, 0.1) is 11.3 Å². The van der Waals surface area contributed by atoms with Crippen LogP contribution in [0.4, 0.5) is 0 Å². The highest BCUT2D eigenvalue weighted by Gasteiger charge is 2.52. The molecule has 1 saturated carbocycles. The van der Waals surface area contributed by atoms with Crippen molar-refractivity contribution in [3.8, 4) is 0 Å². The number of hydrogen-bond donors (Lipinski definition) is 0. The Morgan fingerprint density at radius 1 is 0.944 bits per heavy atom. The lowest BCUT2D eigenvalue weighted by Crippen LogP contribution is -2.43. The molecule has 1 aromatic rings. The summed E-state index contributed by atoms with van der Waals surface area (Å²) in [6.07, 6.45) is 8.48. The van der Waals surface area contributed by atoms with Crippen molar-refractivity contribution in [2.45, 2.75) is 64.7 Å². The smallest absolute Gasteiger partial charge is 0.000994 e. The van der Waals surface area contributed by atoms with Crippen LogP contribution in [-0.4, -0.2) is 0 Å². The van der Waals surface area contributed by atoms with E-state index in [0.29, 0.717) is 10.8 Å². The topological polar surface area (TPSA) is 0 Å². The molecule has 0 heterocycles. The van der Waals surface area contributed by atoms with Gasteiger partial charge in [0.25, 0.3) is 0 Å². The van der Waals surface area contributed by atoms with Crippen molar-refractivity contribution < 1.29 is 0 Å². The van der Waals surface area contributed by atoms with E-state index in [9.17, 15) is 0 Å². The Hall–Kier alpha value is -0.780. The summed E-state index contributed by atoms with van der Waals surface area (Å²) in [5, 5.41) is 0. The molecule has 1 atom stereocenters. The fourth-order valence-corrected chi connectivity index (χ4v) is 4.66. The van der Waals surface area contributed by atoms with Gasteiger partial charge in [-0.25, -0.2) is 0 Å². The summed E-state index contributed by atoms with van der Waals surface area (Å²) in [4.78, 5) is 0. The summed E-state index contributed by atoms with van der Waals surface area (Å²) in [6.45, 7) is 7.53. The van der Waals surface area contributed by atoms with Crippen LogP contribution < -0.4 is 0 Å². The molecular formula is C18H26. The van der Waals surface area contributed by atoms with Crippen LogP contribution in [0.2, 0.25) is 0 Å². The molecule has 0 aliphatic heterocycles. The largest absolute Gasteiger partial charge is 0.0620 e. The van der Waals surface area contributed by atoms with Crippen LogP contribution >= 0.6 is 0 Å². The summed E-state index contributed by atoms with van der Waals surface area (Å²) in [5.41, 5.74) is 4.07. The molecule has 0 N–H and O–H groups in total. The first-order valence-corrected chi connectivity index (χ1v) is 7.64. The zero-order chi connectivity index (χ0) is 12.8. The zero-order valence-corrected chi connectivity index (χ0v) is 12.1. The maximum Gasteiger partial charge on any atom is 0.000994 e. The molecule has 1 aromatic carbocycles. The van der Waals surface area contributed by atoms with Crippen molar-refractivity contribution >= 4 is 0 Å². The average molecular weight is 242 g/mol. The molecule has 0 radical (unpaired) electrons. The second kappa shape index (κ2) is 4.11. The molecule has 0 bridgehead atoms. The number of fused-ring (bicyclic) bond motifs is 1. The van der Waals surface area contributed by atoms with Gasteiger partial charge in [0.15, 0.2) is 0 Å². The molecule has 18 heavy (non-hydrogen) atoms. The normalized spacial score (nSPS) is 31.3. The van der Waals surface area contributed by atoms with Crippen molar-refractivity contribution in [3.05, 3.63) is 35.4 Å². The Labute approximate surface area is 112 Å². The van der Waals surface area contributed by atoms with Crippen LogP contribution in [0.3, 0.4) is 0 Å². The number of rotatable bonds is 1. The molecule has 0 amide bonds. The van der Waals surface area contributed by atoms with E-state index in [2.05, 4.69) is 45.0 Å². The van der Waals surface area contributed by atoms with E-state index in [-0.39, 0.29) is 0 Å². The highest BCUT2D eigenvalue weighted by atomic mass is 14.6. The van der Waals surface area contributed by atoms with Crippen LogP contribution in [0.15, 0.2) is 24.3 Å². The summed E-state index contributed by atoms with van der Waals surface area (Å²) in [6, 6.07) is 9.20. The van der Waals surface area contributed by atoms with Gasteiger partial charge in [-0.15, -0.1) is 0 Å². The predicted molar refractivity (Wildman–Crippen MR) is 77.9 cm³/mol. The zero-order valence-electron chi connectivity index (χ0n) is 12.1. The standard InChI is InChI=1S/C18H26/c1-17(2)13-14-9-7-8-12-16(14)18(17,3)15-10-5-4-6-11-15/h7-9,12,15H,4-6,10-11,13H2,1-3H3. The maximum absolute atomic E-state index is 2.55. The molecule has 0 aromatic heterocycles. The highest BCUT2D eigenvalue weighted by Crippen LogP contribution is 2.58. The molecule has 0 heteroatoms. The summed E-state index contributed by atoms with van der Waals surface area (Å²) in [5.74, 6) is 0.893. The molecule has 98 valence electrons. The molecule has 2 aliphatic rings. The minimum Gasteiger partial charge on any atom is -0.0620 e. The first kappa shape index (κ1) is 12.3. The first-order chi connectivity index (χ1) is 8.56. The van der Waals surface area contributed by atoms with Crippen LogP contribution in [0.1, 0.15) is 64.0 Å².